The van der Waals surface area contributed by atoms with E-state index >= 15 is 0 Å². The highest BCUT2D eigenvalue weighted by molar-refractivity contribution is 6.32. The molecular formula is C16H12ClN3O5. The van der Waals surface area contributed by atoms with Gasteiger partial charge in [0, 0.05) is 11.6 Å². The fourth-order valence-electron chi connectivity index (χ4n) is 3.94. The molecule has 2 amide bonds. The first kappa shape index (κ1) is 15.8. The summed E-state index contributed by atoms with van der Waals surface area (Å²) in [6.45, 7) is 0. The molecule has 2 bridgehead atoms. The molecule has 1 N–H and O–H groups in total. The number of halogens is 1. The lowest BCUT2D eigenvalue weighted by Gasteiger charge is -2.13. The highest BCUT2D eigenvalue weighted by atomic mass is 35.5. The van der Waals surface area contributed by atoms with Crippen LogP contribution < -0.4 is 0 Å². The Morgan fingerprint density at radius 3 is 2.40 bits per heavy atom. The van der Waals surface area contributed by atoms with Crippen LogP contribution in [0.25, 0.3) is 0 Å². The van der Waals surface area contributed by atoms with Gasteiger partial charge in [0.15, 0.2) is 0 Å². The molecule has 0 radical (unpaired) electrons. The summed E-state index contributed by atoms with van der Waals surface area (Å²) in [6.07, 6.45) is 5.94. The molecule has 1 saturated heterocycles. The number of carbonyl (C=O) groups excluding carboxylic acids is 2. The Morgan fingerprint density at radius 1 is 1.24 bits per heavy atom. The molecule has 1 aromatic rings. The van der Waals surface area contributed by atoms with Gasteiger partial charge in [-0.15, -0.1) is 0 Å². The number of allylic oxidation sites excluding steroid dienone is 2. The molecule has 0 spiro atoms. The number of rotatable bonds is 3. The number of nitro groups is 1. The van der Waals surface area contributed by atoms with Gasteiger partial charge in [0.2, 0.25) is 5.75 Å². The summed E-state index contributed by atoms with van der Waals surface area (Å²) in [6, 6.07) is 2.34. The van der Waals surface area contributed by atoms with Crippen molar-refractivity contribution in [1.29, 1.82) is 0 Å². The lowest BCUT2D eigenvalue weighted by molar-refractivity contribution is -0.385. The molecule has 128 valence electrons. The van der Waals surface area contributed by atoms with Crippen molar-refractivity contribution in [1.82, 2.24) is 5.01 Å². The van der Waals surface area contributed by atoms with Gasteiger partial charge in [0.25, 0.3) is 11.8 Å². The fourth-order valence-corrected chi connectivity index (χ4v) is 4.17. The van der Waals surface area contributed by atoms with Gasteiger partial charge in [-0.3, -0.25) is 19.7 Å². The third kappa shape index (κ3) is 2.25. The van der Waals surface area contributed by atoms with E-state index in [1.165, 1.54) is 6.07 Å². The molecule has 3 aliphatic rings. The molecule has 1 aromatic carbocycles. The van der Waals surface area contributed by atoms with Crippen molar-refractivity contribution in [3.8, 4) is 5.75 Å². The summed E-state index contributed by atoms with van der Waals surface area (Å²) >= 11 is 5.77. The summed E-state index contributed by atoms with van der Waals surface area (Å²) in [5.74, 6) is -1.90. The second-order valence-electron chi connectivity index (χ2n) is 6.36. The number of phenols is 1. The molecule has 25 heavy (non-hydrogen) atoms. The van der Waals surface area contributed by atoms with Gasteiger partial charge < -0.3 is 5.11 Å². The Labute approximate surface area is 146 Å². The van der Waals surface area contributed by atoms with Crippen LogP contribution in [0.2, 0.25) is 5.02 Å². The molecule has 0 aromatic heterocycles. The Morgan fingerprint density at radius 2 is 1.84 bits per heavy atom. The normalized spacial score (nSPS) is 29.9. The fraction of sp³-hybridized carbons (Fsp3) is 0.312. The maximum Gasteiger partial charge on any atom is 0.312 e. The van der Waals surface area contributed by atoms with Gasteiger partial charge in [0.05, 0.1) is 28.0 Å². The smallest absolute Gasteiger partial charge is 0.312 e. The topological polar surface area (TPSA) is 113 Å². The van der Waals surface area contributed by atoms with Crippen molar-refractivity contribution in [2.24, 2.45) is 28.8 Å². The summed E-state index contributed by atoms with van der Waals surface area (Å²) in [5, 5.41) is 25.1. The summed E-state index contributed by atoms with van der Waals surface area (Å²) < 4.78 is 0. The highest BCUT2D eigenvalue weighted by Crippen LogP contribution is 2.52. The lowest BCUT2D eigenvalue weighted by Crippen LogP contribution is -2.28. The average Bonchev–Trinajstić information content (AvgIpc) is 3.23. The molecule has 0 unspecified atom stereocenters. The molecule has 9 heteroatoms. The maximum atomic E-state index is 12.5. The van der Waals surface area contributed by atoms with Gasteiger partial charge in [-0.1, -0.05) is 23.8 Å². The van der Waals surface area contributed by atoms with Crippen LogP contribution in [0.4, 0.5) is 5.69 Å². The molecule has 2 aliphatic carbocycles. The van der Waals surface area contributed by atoms with E-state index in [0.717, 1.165) is 23.7 Å². The Kier molecular flexibility index (Phi) is 3.40. The number of nitrogens with zero attached hydrogens (tertiary/aromatic N) is 3. The second-order valence-corrected chi connectivity index (χ2v) is 6.77. The number of benzene rings is 1. The number of amides is 2. The van der Waals surface area contributed by atoms with E-state index in [1.807, 2.05) is 12.2 Å². The Balaban J connectivity index is 1.62. The standard InChI is InChI=1S/C16H12ClN3O5/c17-10-3-7(4-11(14(10)21)20(24)25)6-18-19-15(22)12-8-1-2-9(5-8)13(12)16(19)23/h1-4,6,8-9,12-13,21H,5H2/t8-,9-,12-,13+/m0/s1. The lowest BCUT2D eigenvalue weighted by atomic mass is 9.85. The Hall–Kier alpha value is -2.74. The van der Waals surface area contributed by atoms with Gasteiger partial charge in [-0.2, -0.15) is 10.1 Å². The van der Waals surface area contributed by atoms with Crippen LogP contribution in [-0.4, -0.2) is 33.1 Å². The van der Waals surface area contributed by atoms with Crippen LogP contribution in [0.5, 0.6) is 5.75 Å². The van der Waals surface area contributed by atoms with Crippen LogP contribution in [0, 0.1) is 33.8 Å². The van der Waals surface area contributed by atoms with E-state index in [0.29, 0.717) is 0 Å². The van der Waals surface area contributed by atoms with Crippen molar-refractivity contribution in [3.05, 3.63) is 45.0 Å². The largest absolute Gasteiger partial charge is 0.501 e. The summed E-state index contributed by atoms with van der Waals surface area (Å²) in [7, 11) is 0. The first-order valence-electron chi connectivity index (χ1n) is 7.65. The third-order valence-corrected chi connectivity index (χ3v) is 5.32. The van der Waals surface area contributed by atoms with Crippen molar-refractivity contribution in [2.75, 3.05) is 0 Å². The van der Waals surface area contributed by atoms with Crippen LogP contribution in [0.15, 0.2) is 29.4 Å². The number of aromatic hydroxyl groups is 1. The van der Waals surface area contributed by atoms with Crippen molar-refractivity contribution in [3.63, 3.8) is 0 Å². The molecule has 1 aliphatic heterocycles. The molecule has 2 fully saturated rings. The van der Waals surface area contributed by atoms with Crippen molar-refractivity contribution in [2.45, 2.75) is 6.42 Å². The second kappa shape index (κ2) is 5.38. The predicted octanol–water partition coefficient (Wildman–Crippen LogP) is 2.09. The van der Waals surface area contributed by atoms with Crippen LogP contribution in [0.3, 0.4) is 0 Å². The molecular weight excluding hydrogens is 350 g/mol. The average molecular weight is 362 g/mol. The molecule has 1 saturated carbocycles. The minimum atomic E-state index is -0.779. The van der Waals surface area contributed by atoms with E-state index in [-0.39, 0.29) is 46.1 Å². The number of phenolic OH excluding ortho intramolecular Hbond substituents is 1. The third-order valence-electron chi connectivity index (χ3n) is 5.03. The number of carbonyl (C=O) groups is 2. The first-order chi connectivity index (χ1) is 11.9. The van der Waals surface area contributed by atoms with Crippen molar-refractivity contribution < 1.29 is 19.6 Å². The van der Waals surface area contributed by atoms with E-state index in [4.69, 9.17) is 11.6 Å². The highest BCUT2D eigenvalue weighted by Gasteiger charge is 2.59. The minimum Gasteiger partial charge on any atom is -0.501 e. The summed E-state index contributed by atoms with van der Waals surface area (Å²) in [5.41, 5.74) is -0.375. The zero-order chi connectivity index (χ0) is 17.9. The zero-order valence-electron chi connectivity index (χ0n) is 12.7. The monoisotopic (exact) mass is 361 g/mol. The van der Waals surface area contributed by atoms with E-state index in [9.17, 15) is 24.8 Å². The zero-order valence-corrected chi connectivity index (χ0v) is 13.5. The van der Waals surface area contributed by atoms with E-state index < -0.39 is 16.4 Å². The van der Waals surface area contributed by atoms with Crippen LogP contribution in [-0.2, 0) is 9.59 Å². The van der Waals surface area contributed by atoms with Gasteiger partial charge in [-0.05, 0) is 24.3 Å². The predicted molar refractivity (Wildman–Crippen MR) is 86.9 cm³/mol. The van der Waals surface area contributed by atoms with E-state index in [2.05, 4.69) is 5.10 Å². The maximum absolute atomic E-state index is 12.5. The van der Waals surface area contributed by atoms with Gasteiger partial charge >= 0.3 is 5.69 Å². The number of hydrogen-bond donors (Lipinski definition) is 1. The summed E-state index contributed by atoms with van der Waals surface area (Å²) in [4.78, 5) is 35.1. The Bertz CT molecular complexity index is 851. The van der Waals surface area contributed by atoms with Crippen LogP contribution >= 0.6 is 11.6 Å². The number of hydrogen-bond acceptors (Lipinski definition) is 6. The molecule has 4 atom stereocenters. The number of imide groups is 1. The molecule has 1 heterocycles. The van der Waals surface area contributed by atoms with E-state index in [1.54, 1.807) is 0 Å². The molecule has 4 rings (SSSR count). The SMILES string of the molecule is O=C1[C@@H]2[C@H](C(=O)N1N=Cc1cc(Cl)c(O)c([N+](=O)[O-])c1)[C@H]1C=C[C@H]2C1. The quantitative estimate of drug-likeness (QED) is 0.291. The first-order valence-corrected chi connectivity index (χ1v) is 8.03. The molecule has 8 nitrogen and oxygen atoms in total. The number of hydrazone groups is 1. The van der Waals surface area contributed by atoms with Crippen LogP contribution in [0.1, 0.15) is 12.0 Å². The number of fused-ring (bicyclic) bond motifs is 5. The van der Waals surface area contributed by atoms with Crippen molar-refractivity contribution >= 4 is 35.3 Å². The minimum absolute atomic E-state index is 0.0795. The van der Waals surface area contributed by atoms with Gasteiger partial charge in [0.1, 0.15) is 0 Å². The number of nitro benzene ring substituents is 1. The van der Waals surface area contributed by atoms with Gasteiger partial charge in [-0.25, -0.2) is 0 Å².